The molecular weight excluding hydrogens is 697 g/mol. The average Bonchev–Trinajstić information content (AvgIpc) is 2.99. The number of rotatable bonds is 12. The summed E-state index contributed by atoms with van der Waals surface area (Å²) in [6.07, 6.45) is 0.219. The molecule has 1 atom stereocenters. The van der Waals surface area contributed by atoms with Gasteiger partial charge in [0.1, 0.15) is 12.6 Å². The van der Waals surface area contributed by atoms with Crippen molar-refractivity contribution in [2.75, 3.05) is 10.8 Å². The van der Waals surface area contributed by atoms with Crippen LogP contribution in [-0.2, 0) is 32.6 Å². The summed E-state index contributed by atoms with van der Waals surface area (Å²) in [5, 5.41) is 3.32. The minimum atomic E-state index is -4.26. The van der Waals surface area contributed by atoms with Crippen molar-refractivity contribution in [2.24, 2.45) is 0 Å². The monoisotopic (exact) mass is 729 g/mol. The van der Waals surface area contributed by atoms with E-state index in [-0.39, 0.29) is 45.5 Å². The summed E-state index contributed by atoms with van der Waals surface area (Å²) in [5.74, 6) is -0.920. The Morgan fingerprint density at radius 2 is 1.51 bits per heavy atom. The maximum atomic E-state index is 14.5. The van der Waals surface area contributed by atoms with E-state index in [1.165, 1.54) is 35.2 Å². The first-order chi connectivity index (χ1) is 21.3. The van der Waals surface area contributed by atoms with Crippen molar-refractivity contribution in [3.63, 3.8) is 0 Å². The third kappa shape index (κ3) is 9.10. The number of halogens is 3. The van der Waals surface area contributed by atoms with Crippen LogP contribution in [0.5, 0.6) is 0 Å². The van der Waals surface area contributed by atoms with E-state index >= 15 is 0 Å². The van der Waals surface area contributed by atoms with Crippen LogP contribution in [0.4, 0.5) is 5.69 Å². The first-order valence-corrected chi connectivity index (χ1v) is 17.3. The molecule has 0 saturated carbocycles. The second-order valence-corrected chi connectivity index (χ2v) is 14.5. The first kappa shape index (κ1) is 34.5. The number of sulfonamides is 1. The third-order valence-corrected chi connectivity index (χ3v) is 10.0. The number of carbonyl (C=O) groups is 2. The standard InChI is InChI=1S/C34H34BrCl2N3O4S/c1-23(2)38-34(42)32(19-25-8-5-4-6-9-25)39(21-26-10-7-11-27(35)18-26)33(41)22-40(28-14-17-30(36)31(37)20-28)45(43,44)29-15-12-24(3)13-16-29/h4-18,20,23,32H,19,21-22H2,1-3H3,(H,38,42). The number of nitrogens with one attached hydrogen (secondary N) is 1. The van der Waals surface area contributed by atoms with Gasteiger partial charge in [-0.1, -0.05) is 99.3 Å². The quantitative estimate of drug-likeness (QED) is 0.164. The Kier molecular flexibility index (Phi) is 11.7. The van der Waals surface area contributed by atoms with Crippen molar-refractivity contribution in [3.05, 3.63) is 128 Å². The predicted octanol–water partition coefficient (Wildman–Crippen LogP) is 7.42. The average molecular weight is 732 g/mol. The van der Waals surface area contributed by atoms with E-state index in [1.54, 1.807) is 12.1 Å². The van der Waals surface area contributed by atoms with Crippen LogP contribution in [0.1, 0.15) is 30.5 Å². The fraction of sp³-hybridized carbons (Fsp3) is 0.235. The maximum Gasteiger partial charge on any atom is 0.264 e. The molecule has 1 N–H and O–H groups in total. The Morgan fingerprint density at radius 1 is 0.844 bits per heavy atom. The number of aryl methyl sites for hydroxylation is 1. The molecule has 11 heteroatoms. The molecule has 1 unspecified atom stereocenters. The number of carbonyl (C=O) groups excluding carboxylic acids is 2. The summed E-state index contributed by atoms with van der Waals surface area (Å²) < 4.78 is 30.1. The fourth-order valence-corrected chi connectivity index (χ4v) is 6.92. The number of amides is 2. The molecule has 4 rings (SSSR count). The summed E-state index contributed by atoms with van der Waals surface area (Å²) in [4.78, 5) is 29.7. The Labute approximate surface area is 283 Å². The molecule has 45 heavy (non-hydrogen) atoms. The number of hydrogen-bond donors (Lipinski definition) is 1. The predicted molar refractivity (Wildman–Crippen MR) is 184 cm³/mol. The summed E-state index contributed by atoms with van der Waals surface area (Å²) >= 11 is 16.0. The van der Waals surface area contributed by atoms with Crippen molar-refractivity contribution < 1.29 is 18.0 Å². The lowest BCUT2D eigenvalue weighted by Gasteiger charge is -2.34. The van der Waals surface area contributed by atoms with E-state index in [0.29, 0.717) is 0 Å². The van der Waals surface area contributed by atoms with Gasteiger partial charge >= 0.3 is 0 Å². The van der Waals surface area contributed by atoms with Crippen molar-refractivity contribution in [3.8, 4) is 0 Å². The van der Waals surface area contributed by atoms with Crippen LogP contribution in [0, 0.1) is 6.92 Å². The van der Waals surface area contributed by atoms with E-state index in [9.17, 15) is 18.0 Å². The highest BCUT2D eigenvalue weighted by atomic mass is 79.9. The van der Waals surface area contributed by atoms with Gasteiger partial charge in [0, 0.05) is 23.5 Å². The molecule has 0 heterocycles. The van der Waals surface area contributed by atoms with Crippen LogP contribution < -0.4 is 9.62 Å². The van der Waals surface area contributed by atoms with E-state index < -0.39 is 28.5 Å². The van der Waals surface area contributed by atoms with Gasteiger partial charge in [-0.3, -0.25) is 13.9 Å². The van der Waals surface area contributed by atoms with Gasteiger partial charge in [-0.05, 0) is 74.4 Å². The van der Waals surface area contributed by atoms with E-state index in [0.717, 1.165) is 25.5 Å². The largest absolute Gasteiger partial charge is 0.352 e. The summed E-state index contributed by atoms with van der Waals surface area (Å²) in [6, 6.07) is 26.4. The van der Waals surface area contributed by atoms with Gasteiger partial charge in [0.25, 0.3) is 10.0 Å². The highest BCUT2D eigenvalue weighted by Crippen LogP contribution is 2.31. The Bertz CT molecular complexity index is 1750. The number of nitrogens with zero attached hydrogens (tertiary/aromatic N) is 2. The molecular formula is C34H34BrCl2N3O4S. The number of benzene rings is 4. The minimum Gasteiger partial charge on any atom is -0.352 e. The summed E-state index contributed by atoms with van der Waals surface area (Å²) in [6.45, 7) is 5.01. The maximum absolute atomic E-state index is 14.5. The minimum absolute atomic E-state index is 0.00361. The van der Waals surface area contributed by atoms with Crippen molar-refractivity contribution in [1.82, 2.24) is 10.2 Å². The van der Waals surface area contributed by atoms with Gasteiger partial charge in [-0.15, -0.1) is 0 Å². The van der Waals surface area contributed by atoms with E-state index in [1.807, 2.05) is 75.4 Å². The molecule has 2 amide bonds. The SMILES string of the molecule is Cc1ccc(S(=O)(=O)N(CC(=O)N(Cc2cccc(Br)c2)C(Cc2ccccc2)C(=O)NC(C)C)c2ccc(Cl)c(Cl)c2)cc1. The van der Waals surface area contributed by atoms with Gasteiger partial charge in [0.15, 0.2) is 0 Å². The van der Waals surface area contributed by atoms with Crippen molar-refractivity contribution >= 4 is 66.7 Å². The molecule has 0 spiro atoms. The van der Waals surface area contributed by atoms with Crippen LogP contribution in [0.2, 0.25) is 10.0 Å². The summed E-state index contributed by atoms with van der Waals surface area (Å²) in [5.41, 5.74) is 2.65. The second-order valence-electron chi connectivity index (χ2n) is 10.9. The molecule has 236 valence electrons. The molecule has 0 aliphatic heterocycles. The first-order valence-electron chi connectivity index (χ1n) is 14.3. The van der Waals surface area contributed by atoms with Crippen molar-refractivity contribution in [2.45, 2.75) is 50.7 Å². The molecule has 0 radical (unpaired) electrons. The van der Waals surface area contributed by atoms with Gasteiger partial charge in [0.05, 0.1) is 20.6 Å². The molecule has 0 aliphatic carbocycles. The van der Waals surface area contributed by atoms with E-state index in [2.05, 4.69) is 21.2 Å². The molecule has 4 aromatic carbocycles. The molecule has 0 fully saturated rings. The zero-order chi connectivity index (χ0) is 32.7. The molecule has 4 aromatic rings. The molecule has 0 aliphatic rings. The lowest BCUT2D eigenvalue weighted by atomic mass is 10.0. The smallest absolute Gasteiger partial charge is 0.264 e. The third-order valence-electron chi connectivity index (χ3n) is 7.02. The van der Waals surface area contributed by atoms with E-state index in [4.69, 9.17) is 23.2 Å². The Balaban J connectivity index is 1.82. The van der Waals surface area contributed by atoms with Crippen molar-refractivity contribution in [1.29, 1.82) is 0 Å². The molecule has 0 aromatic heterocycles. The second kappa shape index (κ2) is 15.3. The highest BCUT2D eigenvalue weighted by Gasteiger charge is 2.35. The summed E-state index contributed by atoms with van der Waals surface area (Å²) in [7, 11) is -4.26. The van der Waals surface area contributed by atoms with Crippen LogP contribution >= 0.6 is 39.1 Å². The Hall–Kier alpha value is -3.37. The highest BCUT2D eigenvalue weighted by molar-refractivity contribution is 9.10. The lowest BCUT2D eigenvalue weighted by Crippen LogP contribution is -2.54. The Morgan fingerprint density at radius 3 is 2.13 bits per heavy atom. The van der Waals surface area contributed by atoms with Gasteiger partial charge in [0.2, 0.25) is 11.8 Å². The zero-order valence-electron chi connectivity index (χ0n) is 25.1. The zero-order valence-corrected chi connectivity index (χ0v) is 29.0. The van der Waals surface area contributed by atoms with Gasteiger partial charge in [-0.25, -0.2) is 8.42 Å². The number of anilines is 1. The van der Waals surface area contributed by atoms with Gasteiger partial charge < -0.3 is 10.2 Å². The van der Waals surface area contributed by atoms with Gasteiger partial charge in [-0.2, -0.15) is 0 Å². The molecule has 0 bridgehead atoms. The fourth-order valence-electron chi connectivity index (χ4n) is 4.77. The van der Waals surface area contributed by atoms with Crippen LogP contribution in [0.15, 0.2) is 106 Å². The molecule has 0 saturated heterocycles. The van der Waals surface area contributed by atoms with Crippen LogP contribution in [0.3, 0.4) is 0 Å². The van der Waals surface area contributed by atoms with Crippen LogP contribution in [-0.4, -0.2) is 43.8 Å². The molecule has 7 nitrogen and oxygen atoms in total. The normalized spacial score (nSPS) is 12.1. The van der Waals surface area contributed by atoms with Crippen LogP contribution in [0.25, 0.3) is 0 Å². The number of hydrogen-bond acceptors (Lipinski definition) is 4. The topological polar surface area (TPSA) is 86.8 Å². The lowest BCUT2D eigenvalue weighted by molar-refractivity contribution is -0.140.